The van der Waals surface area contributed by atoms with Gasteiger partial charge in [0.25, 0.3) is 0 Å². The molecule has 1 aromatic rings. The number of hydrogen-bond acceptors (Lipinski definition) is 9. The Labute approximate surface area is 345 Å². The molecular weight excluding hydrogens is 723 g/mol. The smallest absolute Gasteiger partial charge is 0.245 e. The summed E-state index contributed by atoms with van der Waals surface area (Å²) < 4.78 is 12.1. The summed E-state index contributed by atoms with van der Waals surface area (Å²) in [4.78, 5) is 73.7. The first-order valence-corrected chi connectivity index (χ1v) is 20.9. The summed E-state index contributed by atoms with van der Waals surface area (Å²) in [5.41, 5.74) is 0.235. The number of amides is 3. The Bertz CT molecular complexity index is 1390. The lowest BCUT2D eigenvalue weighted by Gasteiger charge is -2.41. The van der Waals surface area contributed by atoms with Crippen LogP contribution in [0.25, 0.3) is 0 Å². The molecule has 57 heavy (non-hydrogen) atoms. The summed E-state index contributed by atoms with van der Waals surface area (Å²) in [6.07, 6.45) is 0.677. The van der Waals surface area contributed by atoms with Gasteiger partial charge in [-0.2, -0.15) is 0 Å². The lowest BCUT2D eigenvalue weighted by molar-refractivity contribution is -0.146. The summed E-state index contributed by atoms with van der Waals surface area (Å²) in [7, 11) is 10.3. The highest BCUT2D eigenvalue weighted by Crippen LogP contribution is 2.29. The molecule has 0 spiro atoms. The number of rotatable bonds is 26. The van der Waals surface area contributed by atoms with Crippen LogP contribution in [0.15, 0.2) is 30.3 Å². The summed E-state index contributed by atoms with van der Waals surface area (Å²) in [6.45, 7) is 19.8. The molecule has 9 atom stereocenters. The molecule has 0 aliphatic rings. The number of nitrogens with one attached hydrogen (secondary N) is 3. The van der Waals surface area contributed by atoms with E-state index in [1.807, 2.05) is 119 Å². The van der Waals surface area contributed by atoms with Crippen molar-refractivity contribution in [3.05, 3.63) is 35.9 Å². The molecule has 0 radical (unpaired) electrons. The van der Waals surface area contributed by atoms with Gasteiger partial charge in [0, 0.05) is 39.0 Å². The zero-order chi connectivity index (χ0) is 43.8. The summed E-state index contributed by atoms with van der Waals surface area (Å²) in [5, 5.41) is 9.22. The van der Waals surface area contributed by atoms with E-state index in [9.17, 15) is 24.0 Å². The fourth-order valence-electron chi connectivity index (χ4n) is 7.94. The van der Waals surface area contributed by atoms with Crippen LogP contribution in [-0.2, 0) is 39.9 Å². The lowest BCUT2D eigenvalue weighted by Crippen LogP contribution is -2.59. The van der Waals surface area contributed by atoms with Crippen molar-refractivity contribution in [1.29, 1.82) is 0 Å². The van der Waals surface area contributed by atoms with Gasteiger partial charge in [-0.05, 0) is 70.3 Å². The minimum Gasteiger partial charge on any atom is -0.380 e. The third kappa shape index (κ3) is 15.5. The van der Waals surface area contributed by atoms with E-state index in [2.05, 4.69) is 16.0 Å². The first kappa shape index (κ1) is 51.8. The molecule has 3 amide bonds. The van der Waals surface area contributed by atoms with Gasteiger partial charge in [-0.1, -0.05) is 106 Å². The second kappa shape index (κ2) is 24.7. The number of carbonyl (C=O) groups excluding carboxylic acids is 5. The van der Waals surface area contributed by atoms with Gasteiger partial charge in [0.1, 0.15) is 11.8 Å². The maximum absolute atomic E-state index is 14.6. The molecule has 326 valence electrons. The maximum atomic E-state index is 14.6. The third-order valence-electron chi connectivity index (χ3n) is 11.4. The second-order valence-corrected chi connectivity index (χ2v) is 17.9. The van der Waals surface area contributed by atoms with Gasteiger partial charge in [-0.3, -0.25) is 28.9 Å². The zero-order valence-corrected chi connectivity index (χ0v) is 38.2. The Kier molecular flexibility index (Phi) is 22.4. The first-order valence-electron chi connectivity index (χ1n) is 20.9. The highest BCUT2D eigenvalue weighted by Gasteiger charge is 2.42. The number of ketones is 2. The monoisotopic (exact) mass is 802 g/mol. The number of ether oxygens (including phenoxy) is 2. The molecule has 0 fully saturated rings. The predicted octanol–water partition coefficient (Wildman–Crippen LogP) is 5.17. The number of hydrogen-bond donors (Lipinski definition) is 3. The standard InChI is InChI=1S/C45H79N5O7/c1-17-30(6)39(50(14)44(55)37(28(2)3)48-43(54)38(29(4)5)49(12)13)36(56-15)27-35(51)33(24-21-25-46-11)40(57-16)31(7)42(53)47-34(41(52)45(8,9)10)26-32-22-19-18-20-23-32/h18-20,22-23,28-31,33-34,36-40,46H,17,21,24-27H2,1-16H3,(H,47,53)(H,48,54)/t30-,31+,33?,34-,36+,37?,38?,39?,40+/m0/s1. The van der Waals surface area contributed by atoms with Crippen LogP contribution in [0, 0.1) is 35.0 Å². The summed E-state index contributed by atoms with van der Waals surface area (Å²) >= 11 is 0. The molecule has 1 aromatic carbocycles. The highest BCUT2D eigenvalue weighted by atomic mass is 16.5. The highest BCUT2D eigenvalue weighted by molar-refractivity contribution is 5.93. The Morgan fingerprint density at radius 2 is 1.42 bits per heavy atom. The van der Waals surface area contributed by atoms with Crippen molar-refractivity contribution in [2.45, 2.75) is 138 Å². The van der Waals surface area contributed by atoms with E-state index in [0.717, 1.165) is 5.56 Å². The lowest BCUT2D eigenvalue weighted by atomic mass is 9.80. The van der Waals surface area contributed by atoms with Gasteiger partial charge < -0.3 is 30.3 Å². The van der Waals surface area contributed by atoms with E-state index in [-0.39, 0.29) is 53.5 Å². The van der Waals surface area contributed by atoms with Crippen LogP contribution in [-0.4, -0.2) is 124 Å². The Morgan fingerprint density at radius 3 is 1.88 bits per heavy atom. The van der Waals surface area contributed by atoms with Gasteiger partial charge in [0.2, 0.25) is 17.7 Å². The Balaban J connectivity index is 3.50. The third-order valence-corrected chi connectivity index (χ3v) is 11.4. The van der Waals surface area contributed by atoms with Crippen molar-refractivity contribution in [3.8, 4) is 0 Å². The van der Waals surface area contributed by atoms with Crippen LogP contribution >= 0.6 is 0 Å². The van der Waals surface area contributed by atoms with Crippen molar-refractivity contribution >= 4 is 29.3 Å². The van der Waals surface area contributed by atoms with Crippen LogP contribution in [0.3, 0.4) is 0 Å². The van der Waals surface area contributed by atoms with E-state index in [0.29, 0.717) is 32.2 Å². The molecule has 4 unspecified atom stereocenters. The largest absolute Gasteiger partial charge is 0.380 e. The topological polar surface area (TPSA) is 146 Å². The number of likely N-dealkylation sites (N-methyl/N-ethyl adjacent to an activating group) is 2. The van der Waals surface area contributed by atoms with Gasteiger partial charge in [0.05, 0.1) is 36.3 Å². The van der Waals surface area contributed by atoms with E-state index in [4.69, 9.17) is 9.47 Å². The van der Waals surface area contributed by atoms with Gasteiger partial charge in [-0.15, -0.1) is 0 Å². The number of benzene rings is 1. The molecule has 1 rings (SSSR count). The first-order chi connectivity index (χ1) is 26.6. The van der Waals surface area contributed by atoms with E-state index >= 15 is 0 Å². The molecule has 0 saturated heterocycles. The molecule has 0 bridgehead atoms. The van der Waals surface area contributed by atoms with E-state index < -0.39 is 53.6 Å². The van der Waals surface area contributed by atoms with Crippen molar-refractivity contribution in [1.82, 2.24) is 25.8 Å². The van der Waals surface area contributed by atoms with Crippen molar-refractivity contribution in [2.24, 2.45) is 35.0 Å². The van der Waals surface area contributed by atoms with Crippen LogP contribution in [0.1, 0.15) is 100 Å². The normalized spacial score (nSPS) is 16.9. The second-order valence-electron chi connectivity index (χ2n) is 17.9. The number of Topliss-reactive ketones (excluding diaryl/α,β-unsaturated/α-hetero) is 2. The van der Waals surface area contributed by atoms with Crippen LogP contribution < -0.4 is 16.0 Å². The van der Waals surface area contributed by atoms with Crippen molar-refractivity contribution < 1.29 is 33.4 Å². The molecule has 0 aromatic heterocycles. The molecule has 0 heterocycles. The van der Waals surface area contributed by atoms with Crippen LogP contribution in [0.4, 0.5) is 0 Å². The average molecular weight is 802 g/mol. The van der Waals surface area contributed by atoms with Crippen molar-refractivity contribution in [2.75, 3.05) is 49.0 Å². The molecule has 12 heteroatoms. The molecule has 12 nitrogen and oxygen atoms in total. The molecule has 3 N–H and O–H groups in total. The summed E-state index contributed by atoms with van der Waals surface area (Å²) in [5.74, 6) is -2.72. The van der Waals surface area contributed by atoms with E-state index in [1.165, 1.54) is 7.11 Å². The quantitative estimate of drug-likeness (QED) is 0.108. The van der Waals surface area contributed by atoms with Crippen LogP contribution in [0.2, 0.25) is 0 Å². The number of nitrogens with zero attached hydrogens (tertiary/aromatic N) is 2. The van der Waals surface area contributed by atoms with Crippen molar-refractivity contribution in [3.63, 3.8) is 0 Å². The molecular formula is C45H79N5O7. The minimum atomic E-state index is -0.790. The molecule has 0 aliphatic heterocycles. The minimum absolute atomic E-state index is 0.0184. The fourth-order valence-corrected chi connectivity index (χ4v) is 7.94. The summed E-state index contributed by atoms with van der Waals surface area (Å²) in [6, 6.07) is 7.13. The SMILES string of the molecule is CC[C@H](C)C([C@@H](CC(=O)C(CCCNC)[C@H](OC)[C@@H](C)C(=O)N[C@@H](Cc1ccccc1)C(=O)C(C)(C)C)OC)N(C)C(=O)C(NC(=O)C(C(C)C)N(C)C)C(C)C. The van der Waals surface area contributed by atoms with Gasteiger partial charge >= 0.3 is 0 Å². The average Bonchev–Trinajstić information content (AvgIpc) is 3.14. The number of methoxy groups -OCH3 is 2. The zero-order valence-electron chi connectivity index (χ0n) is 38.2. The van der Waals surface area contributed by atoms with E-state index in [1.54, 1.807) is 26.0 Å². The maximum Gasteiger partial charge on any atom is 0.245 e. The van der Waals surface area contributed by atoms with Gasteiger partial charge in [-0.25, -0.2) is 0 Å². The Morgan fingerprint density at radius 1 is 0.825 bits per heavy atom. The van der Waals surface area contributed by atoms with Crippen LogP contribution in [0.5, 0.6) is 0 Å². The molecule has 0 saturated carbocycles. The number of carbonyl (C=O) groups is 5. The molecule has 0 aliphatic carbocycles. The van der Waals surface area contributed by atoms with Gasteiger partial charge in [0.15, 0.2) is 5.78 Å². The predicted molar refractivity (Wildman–Crippen MR) is 229 cm³/mol. The Hall–Kier alpha value is -3.19. The fraction of sp³-hybridized carbons (Fsp3) is 0.756.